The van der Waals surface area contributed by atoms with E-state index in [1.54, 1.807) is 12.1 Å². The second kappa shape index (κ2) is 7.17. The Labute approximate surface area is 140 Å². The van der Waals surface area contributed by atoms with Crippen LogP contribution in [0.15, 0.2) is 53.4 Å². The van der Waals surface area contributed by atoms with Crippen LogP contribution in [0.5, 0.6) is 0 Å². The van der Waals surface area contributed by atoms with Gasteiger partial charge in [0.25, 0.3) is 0 Å². The van der Waals surface area contributed by atoms with Gasteiger partial charge in [0, 0.05) is 10.5 Å². The summed E-state index contributed by atoms with van der Waals surface area (Å²) in [7, 11) is 0. The van der Waals surface area contributed by atoms with Crippen LogP contribution in [0, 0.1) is 11.2 Å². The monoisotopic (exact) mass is 355 g/mol. The van der Waals surface area contributed by atoms with Gasteiger partial charge in [0.05, 0.1) is 5.92 Å². The summed E-state index contributed by atoms with van der Waals surface area (Å²) in [6.07, 6.45) is -3.12. The number of hydrogen-bond donors (Lipinski definition) is 1. The number of carbonyl (C=O) groups is 1. The van der Waals surface area contributed by atoms with E-state index < -0.39 is 29.4 Å². The molecule has 0 radical (unpaired) electrons. The van der Waals surface area contributed by atoms with Gasteiger partial charge in [0.1, 0.15) is 11.5 Å². The number of benzene rings is 2. The van der Waals surface area contributed by atoms with Crippen molar-refractivity contribution in [2.45, 2.75) is 17.0 Å². The molecule has 0 aromatic heterocycles. The molecule has 1 N–H and O–H groups in total. The van der Waals surface area contributed by atoms with Gasteiger partial charge in [-0.25, -0.2) is 4.39 Å². The van der Waals surface area contributed by atoms with E-state index in [4.69, 9.17) is 5.41 Å². The first kappa shape index (κ1) is 18.2. The number of halogens is 4. The van der Waals surface area contributed by atoms with Crippen LogP contribution in [0.2, 0.25) is 0 Å². The highest BCUT2D eigenvalue weighted by Crippen LogP contribution is 2.31. The van der Waals surface area contributed by atoms with Gasteiger partial charge in [-0.15, -0.1) is 11.8 Å². The van der Waals surface area contributed by atoms with Gasteiger partial charge in [-0.3, -0.25) is 10.2 Å². The zero-order chi connectivity index (χ0) is 17.9. The Kier molecular flexibility index (Phi) is 5.43. The summed E-state index contributed by atoms with van der Waals surface area (Å²) in [6, 6.07) is 10.2. The molecule has 0 heterocycles. The van der Waals surface area contributed by atoms with E-state index in [1.807, 2.05) is 6.26 Å². The van der Waals surface area contributed by atoms with Crippen LogP contribution < -0.4 is 0 Å². The Bertz CT molecular complexity index is 739. The molecule has 0 spiro atoms. The standard InChI is InChI=1S/C17H13F4NOS/c1-24-13-8-4-11(5-9-13)15(23)14(16(22)17(19,20)21)10-2-6-12(18)7-3-10/h2-9,14,22H,1H3. The average Bonchev–Trinajstić information content (AvgIpc) is 2.56. The molecule has 0 saturated carbocycles. The lowest BCUT2D eigenvalue weighted by atomic mass is 9.86. The second-order valence-corrected chi connectivity index (χ2v) is 5.87. The van der Waals surface area contributed by atoms with Crippen LogP contribution in [0.1, 0.15) is 21.8 Å². The molecule has 0 bridgehead atoms. The number of alkyl halides is 3. The zero-order valence-electron chi connectivity index (χ0n) is 12.5. The van der Waals surface area contributed by atoms with Crippen LogP contribution in [0.25, 0.3) is 0 Å². The zero-order valence-corrected chi connectivity index (χ0v) is 13.3. The quantitative estimate of drug-likeness (QED) is 0.351. The van der Waals surface area contributed by atoms with E-state index in [0.29, 0.717) is 0 Å². The largest absolute Gasteiger partial charge is 0.429 e. The van der Waals surface area contributed by atoms with Gasteiger partial charge in [-0.1, -0.05) is 24.3 Å². The van der Waals surface area contributed by atoms with Crippen molar-refractivity contribution in [2.75, 3.05) is 6.26 Å². The maximum absolute atomic E-state index is 13.0. The highest BCUT2D eigenvalue weighted by molar-refractivity contribution is 7.98. The Hall–Kier alpha value is -2.15. The molecule has 1 atom stereocenters. The van der Waals surface area contributed by atoms with E-state index >= 15 is 0 Å². The third kappa shape index (κ3) is 4.03. The summed E-state index contributed by atoms with van der Waals surface area (Å²) in [5.74, 6) is -3.31. The summed E-state index contributed by atoms with van der Waals surface area (Å²) in [6.45, 7) is 0. The highest BCUT2D eigenvalue weighted by atomic mass is 32.2. The smallest absolute Gasteiger partial charge is 0.300 e. The SMILES string of the molecule is CSc1ccc(C(=O)C(C(=N)C(F)(F)F)c2ccc(F)cc2)cc1. The third-order valence-electron chi connectivity index (χ3n) is 3.43. The summed E-state index contributed by atoms with van der Waals surface area (Å²) in [5, 5.41) is 7.40. The molecule has 7 heteroatoms. The molecule has 0 fully saturated rings. The van der Waals surface area contributed by atoms with Crippen molar-refractivity contribution in [3.8, 4) is 0 Å². The number of hydrogen-bond acceptors (Lipinski definition) is 3. The molecular formula is C17H13F4NOS. The predicted octanol–water partition coefficient (Wildman–Crippen LogP) is 5.10. The lowest BCUT2D eigenvalue weighted by Gasteiger charge is -2.19. The van der Waals surface area contributed by atoms with Gasteiger partial charge < -0.3 is 0 Å². The lowest BCUT2D eigenvalue weighted by molar-refractivity contribution is -0.0618. The fourth-order valence-electron chi connectivity index (χ4n) is 2.19. The molecule has 0 aliphatic rings. The number of rotatable bonds is 5. The van der Waals surface area contributed by atoms with Crippen molar-refractivity contribution < 1.29 is 22.4 Å². The normalized spacial score (nSPS) is 12.7. The van der Waals surface area contributed by atoms with Gasteiger partial charge in [-0.05, 0) is 36.1 Å². The number of carbonyl (C=O) groups excluding carboxylic acids is 1. The fourth-order valence-corrected chi connectivity index (χ4v) is 2.60. The fraction of sp³-hybridized carbons (Fsp3) is 0.176. The Morgan fingerprint density at radius 1 is 1.04 bits per heavy atom. The molecule has 24 heavy (non-hydrogen) atoms. The van der Waals surface area contributed by atoms with Gasteiger partial charge in [0.15, 0.2) is 5.78 Å². The van der Waals surface area contributed by atoms with Gasteiger partial charge >= 0.3 is 6.18 Å². The van der Waals surface area contributed by atoms with Crippen LogP contribution in [-0.4, -0.2) is 23.9 Å². The average molecular weight is 355 g/mol. The summed E-state index contributed by atoms with van der Waals surface area (Å²) in [5.41, 5.74) is -1.68. The van der Waals surface area contributed by atoms with E-state index in [0.717, 1.165) is 29.2 Å². The van der Waals surface area contributed by atoms with Crippen LogP contribution in [0.3, 0.4) is 0 Å². The summed E-state index contributed by atoms with van der Waals surface area (Å²) < 4.78 is 52.0. The molecule has 2 aromatic rings. The van der Waals surface area contributed by atoms with Crippen molar-refractivity contribution >= 4 is 23.3 Å². The van der Waals surface area contributed by atoms with Crippen LogP contribution in [-0.2, 0) is 0 Å². The molecule has 126 valence electrons. The van der Waals surface area contributed by atoms with E-state index in [2.05, 4.69) is 0 Å². The lowest BCUT2D eigenvalue weighted by Crippen LogP contribution is -2.33. The maximum atomic E-state index is 13.0. The first-order valence-electron chi connectivity index (χ1n) is 6.83. The minimum absolute atomic E-state index is 0.0659. The van der Waals surface area contributed by atoms with Crippen molar-refractivity contribution in [3.63, 3.8) is 0 Å². The first-order chi connectivity index (χ1) is 11.2. The minimum Gasteiger partial charge on any atom is -0.300 e. The molecular weight excluding hydrogens is 342 g/mol. The second-order valence-electron chi connectivity index (χ2n) is 4.99. The molecule has 0 saturated heterocycles. The predicted molar refractivity (Wildman–Crippen MR) is 85.5 cm³/mol. The maximum Gasteiger partial charge on any atom is 0.429 e. The number of Topliss-reactive ketones (excluding diaryl/α,β-unsaturated/α-hetero) is 1. The number of nitrogens with one attached hydrogen (secondary N) is 1. The Morgan fingerprint density at radius 3 is 2.04 bits per heavy atom. The van der Waals surface area contributed by atoms with Crippen molar-refractivity contribution in [1.82, 2.24) is 0 Å². The third-order valence-corrected chi connectivity index (χ3v) is 4.18. The van der Waals surface area contributed by atoms with Crippen molar-refractivity contribution in [1.29, 1.82) is 5.41 Å². The molecule has 1 unspecified atom stereocenters. The summed E-state index contributed by atoms with van der Waals surface area (Å²) in [4.78, 5) is 13.4. The number of ketones is 1. The first-order valence-corrected chi connectivity index (χ1v) is 8.06. The van der Waals surface area contributed by atoms with Crippen LogP contribution >= 0.6 is 11.8 Å². The number of thioether (sulfide) groups is 1. The topological polar surface area (TPSA) is 40.9 Å². The molecule has 0 aliphatic carbocycles. The van der Waals surface area contributed by atoms with E-state index in [1.165, 1.54) is 23.9 Å². The van der Waals surface area contributed by atoms with E-state index in [-0.39, 0.29) is 11.1 Å². The molecule has 2 nitrogen and oxygen atoms in total. The van der Waals surface area contributed by atoms with Crippen molar-refractivity contribution in [3.05, 3.63) is 65.5 Å². The van der Waals surface area contributed by atoms with Crippen molar-refractivity contribution in [2.24, 2.45) is 0 Å². The Morgan fingerprint density at radius 2 is 1.58 bits per heavy atom. The molecule has 2 rings (SSSR count). The molecule has 0 amide bonds. The van der Waals surface area contributed by atoms with Crippen LogP contribution in [0.4, 0.5) is 17.6 Å². The van der Waals surface area contributed by atoms with Gasteiger partial charge in [-0.2, -0.15) is 13.2 Å². The van der Waals surface area contributed by atoms with Gasteiger partial charge in [0.2, 0.25) is 0 Å². The Balaban J connectivity index is 2.46. The summed E-state index contributed by atoms with van der Waals surface area (Å²) >= 11 is 1.43. The van der Waals surface area contributed by atoms with E-state index in [9.17, 15) is 22.4 Å². The highest BCUT2D eigenvalue weighted by Gasteiger charge is 2.43. The minimum atomic E-state index is -4.95. The molecule has 2 aromatic carbocycles. The molecule has 0 aliphatic heterocycles.